The minimum atomic E-state index is -1.01. The lowest BCUT2D eigenvalue weighted by atomic mass is 10.1. The molecule has 0 radical (unpaired) electrons. The van der Waals surface area contributed by atoms with Crippen molar-refractivity contribution in [3.63, 3.8) is 0 Å². The van der Waals surface area contributed by atoms with Crippen molar-refractivity contribution in [2.75, 3.05) is 5.32 Å². The van der Waals surface area contributed by atoms with Crippen molar-refractivity contribution >= 4 is 17.6 Å². The van der Waals surface area contributed by atoms with Gasteiger partial charge in [-0.15, -0.1) is 0 Å². The van der Waals surface area contributed by atoms with Gasteiger partial charge < -0.3 is 15.7 Å². The van der Waals surface area contributed by atoms with Gasteiger partial charge in [-0.05, 0) is 45.4 Å². The van der Waals surface area contributed by atoms with E-state index in [0.717, 1.165) is 5.56 Å². The van der Waals surface area contributed by atoms with Gasteiger partial charge in [0.2, 0.25) is 5.91 Å². The fourth-order valence-corrected chi connectivity index (χ4v) is 1.67. The summed E-state index contributed by atoms with van der Waals surface area (Å²) in [7, 11) is 0. The Morgan fingerprint density at radius 1 is 1.21 bits per heavy atom. The third-order valence-electron chi connectivity index (χ3n) is 2.60. The number of aryl methyl sites for hydroxylation is 1. The number of hydrogen-bond acceptors (Lipinski definition) is 3. The first-order chi connectivity index (χ1) is 8.81. The van der Waals surface area contributed by atoms with Crippen molar-refractivity contribution in [2.45, 2.75) is 39.8 Å². The van der Waals surface area contributed by atoms with E-state index < -0.39 is 12.0 Å². The number of carbonyl (C=O) groups is 2. The Hall–Kier alpha value is -2.04. The first-order valence-corrected chi connectivity index (χ1v) is 6.22. The van der Waals surface area contributed by atoms with Crippen LogP contribution >= 0.6 is 0 Å². The molecule has 1 aromatic carbocycles. The van der Waals surface area contributed by atoms with E-state index in [1.165, 1.54) is 6.07 Å². The summed E-state index contributed by atoms with van der Waals surface area (Å²) >= 11 is 0. The molecule has 0 heterocycles. The number of carboxylic acids is 1. The fourth-order valence-electron chi connectivity index (χ4n) is 1.67. The minimum absolute atomic E-state index is 0.0493. The van der Waals surface area contributed by atoms with Crippen LogP contribution < -0.4 is 10.6 Å². The van der Waals surface area contributed by atoms with Gasteiger partial charge in [-0.2, -0.15) is 0 Å². The number of benzene rings is 1. The molecule has 0 saturated carbocycles. The van der Waals surface area contributed by atoms with Crippen molar-refractivity contribution in [1.29, 1.82) is 0 Å². The van der Waals surface area contributed by atoms with Crippen molar-refractivity contribution in [1.82, 2.24) is 5.32 Å². The average Bonchev–Trinajstić information content (AvgIpc) is 2.27. The Labute approximate surface area is 113 Å². The van der Waals surface area contributed by atoms with Crippen LogP contribution in [0.25, 0.3) is 0 Å². The predicted molar refractivity (Wildman–Crippen MR) is 74.5 cm³/mol. The zero-order valence-electron chi connectivity index (χ0n) is 11.7. The van der Waals surface area contributed by atoms with Gasteiger partial charge in [-0.3, -0.25) is 4.79 Å². The average molecular weight is 264 g/mol. The van der Waals surface area contributed by atoms with Gasteiger partial charge in [0.1, 0.15) is 6.04 Å². The molecule has 0 aliphatic carbocycles. The lowest BCUT2D eigenvalue weighted by Gasteiger charge is -2.18. The number of carboxylic acid groups (broad SMARTS) is 1. The monoisotopic (exact) mass is 264 g/mol. The van der Waals surface area contributed by atoms with E-state index in [-0.39, 0.29) is 17.5 Å². The summed E-state index contributed by atoms with van der Waals surface area (Å²) in [4.78, 5) is 22.9. The van der Waals surface area contributed by atoms with Gasteiger partial charge in [-0.1, -0.05) is 6.07 Å². The molecule has 1 aromatic rings. The Kier molecular flexibility index (Phi) is 4.92. The molecule has 0 spiro atoms. The van der Waals surface area contributed by atoms with Gasteiger partial charge in [0.25, 0.3) is 0 Å². The van der Waals surface area contributed by atoms with Crippen molar-refractivity contribution < 1.29 is 14.7 Å². The number of hydrogen-bond donors (Lipinski definition) is 3. The maximum Gasteiger partial charge on any atom is 0.337 e. The Morgan fingerprint density at radius 2 is 1.84 bits per heavy atom. The van der Waals surface area contributed by atoms with Crippen molar-refractivity contribution in [2.24, 2.45) is 0 Å². The van der Waals surface area contributed by atoms with E-state index in [4.69, 9.17) is 5.11 Å². The SMILES string of the molecule is Cc1ccc(C(=O)O)c(NC(C)C(=O)NC(C)C)c1. The number of anilines is 1. The van der Waals surface area contributed by atoms with Gasteiger partial charge in [0.15, 0.2) is 0 Å². The zero-order chi connectivity index (χ0) is 14.6. The van der Waals surface area contributed by atoms with Crippen LogP contribution in [-0.4, -0.2) is 29.1 Å². The molecule has 0 bridgehead atoms. The van der Waals surface area contributed by atoms with Crippen molar-refractivity contribution in [3.8, 4) is 0 Å². The summed E-state index contributed by atoms with van der Waals surface area (Å²) in [6, 6.07) is 4.54. The lowest BCUT2D eigenvalue weighted by molar-refractivity contribution is -0.122. The third-order valence-corrected chi connectivity index (χ3v) is 2.60. The summed E-state index contributed by atoms with van der Waals surface area (Å²) in [6.45, 7) is 7.32. The smallest absolute Gasteiger partial charge is 0.337 e. The summed E-state index contributed by atoms with van der Waals surface area (Å²) in [5.74, 6) is -1.17. The van der Waals surface area contributed by atoms with Crippen molar-refractivity contribution in [3.05, 3.63) is 29.3 Å². The van der Waals surface area contributed by atoms with Crippen LogP contribution in [0.5, 0.6) is 0 Å². The molecule has 0 aromatic heterocycles. The normalized spacial score (nSPS) is 12.1. The number of rotatable bonds is 5. The summed E-state index contributed by atoms with van der Waals surface area (Å²) in [5, 5.41) is 14.8. The molecule has 0 fully saturated rings. The quantitative estimate of drug-likeness (QED) is 0.760. The molecule has 19 heavy (non-hydrogen) atoms. The van der Waals surface area contributed by atoms with Gasteiger partial charge in [0, 0.05) is 11.7 Å². The van der Waals surface area contributed by atoms with E-state index in [9.17, 15) is 9.59 Å². The standard InChI is InChI=1S/C14H20N2O3/c1-8(2)15-13(17)10(4)16-12-7-9(3)5-6-11(12)14(18)19/h5-8,10,16H,1-4H3,(H,15,17)(H,18,19). The van der Waals surface area contributed by atoms with E-state index in [1.54, 1.807) is 19.1 Å². The second-order valence-electron chi connectivity index (χ2n) is 4.88. The highest BCUT2D eigenvalue weighted by Crippen LogP contribution is 2.18. The maximum absolute atomic E-state index is 11.8. The molecule has 104 valence electrons. The van der Waals surface area contributed by atoms with Crippen LogP contribution in [0.2, 0.25) is 0 Å². The second kappa shape index (κ2) is 6.22. The second-order valence-corrected chi connectivity index (χ2v) is 4.88. The third kappa shape index (κ3) is 4.28. The predicted octanol–water partition coefficient (Wildman–Crippen LogP) is 2.02. The van der Waals surface area contributed by atoms with Gasteiger partial charge in [0.05, 0.1) is 5.56 Å². The van der Waals surface area contributed by atoms with Crippen LogP contribution in [0.15, 0.2) is 18.2 Å². The fraction of sp³-hybridized carbons (Fsp3) is 0.429. The zero-order valence-corrected chi connectivity index (χ0v) is 11.7. The Balaban J connectivity index is 2.89. The topological polar surface area (TPSA) is 78.4 Å². The van der Waals surface area contributed by atoms with Crippen LogP contribution in [0.1, 0.15) is 36.7 Å². The number of aromatic carboxylic acids is 1. The lowest BCUT2D eigenvalue weighted by Crippen LogP contribution is -2.41. The molecule has 0 aliphatic rings. The number of nitrogens with one attached hydrogen (secondary N) is 2. The summed E-state index contributed by atoms with van der Waals surface area (Å²) in [6.07, 6.45) is 0. The summed E-state index contributed by atoms with van der Waals surface area (Å²) in [5.41, 5.74) is 1.55. The molecular formula is C14H20N2O3. The van der Waals surface area contributed by atoms with Crippen LogP contribution in [0.4, 0.5) is 5.69 Å². The minimum Gasteiger partial charge on any atom is -0.478 e. The van der Waals surface area contributed by atoms with E-state index in [0.29, 0.717) is 5.69 Å². The van der Waals surface area contributed by atoms with Crippen LogP contribution in [-0.2, 0) is 4.79 Å². The largest absolute Gasteiger partial charge is 0.478 e. The maximum atomic E-state index is 11.8. The molecule has 1 unspecified atom stereocenters. The molecule has 0 aliphatic heterocycles. The molecular weight excluding hydrogens is 244 g/mol. The summed E-state index contributed by atoms with van der Waals surface area (Å²) < 4.78 is 0. The Bertz CT molecular complexity index is 484. The number of amides is 1. The van der Waals surface area contributed by atoms with E-state index in [1.807, 2.05) is 20.8 Å². The molecule has 1 rings (SSSR count). The molecule has 5 nitrogen and oxygen atoms in total. The molecule has 1 amide bonds. The highest BCUT2D eigenvalue weighted by molar-refractivity contribution is 5.95. The first-order valence-electron chi connectivity index (χ1n) is 6.22. The van der Waals surface area contributed by atoms with Crippen LogP contribution in [0.3, 0.4) is 0 Å². The van der Waals surface area contributed by atoms with E-state index in [2.05, 4.69) is 10.6 Å². The van der Waals surface area contributed by atoms with Gasteiger partial charge in [-0.25, -0.2) is 4.79 Å². The molecule has 0 saturated heterocycles. The molecule has 5 heteroatoms. The number of carbonyl (C=O) groups excluding carboxylic acids is 1. The molecule has 1 atom stereocenters. The highest BCUT2D eigenvalue weighted by Gasteiger charge is 2.17. The first kappa shape index (κ1) is 15.0. The Morgan fingerprint density at radius 3 is 2.37 bits per heavy atom. The molecule has 3 N–H and O–H groups in total. The highest BCUT2D eigenvalue weighted by atomic mass is 16.4. The van der Waals surface area contributed by atoms with Gasteiger partial charge >= 0.3 is 5.97 Å². The van der Waals surface area contributed by atoms with Crippen LogP contribution in [0, 0.1) is 6.92 Å². The van der Waals surface area contributed by atoms with E-state index >= 15 is 0 Å².